The zero-order valence-electron chi connectivity index (χ0n) is 12.4. The molecular formula is C16H14ClN3O2S. The molecule has 0 atom stereocenters. The van der Waals surface area contributed by atoms with Crippen molar-refractivity contribution in [2.24, 2.45) is 0 Å². The van der Waals surface area contributed by atoms with E-state index in [-0.39, 0.29) is 11.7 Å². The summed E-state index contributed by atoms with van der Waals surface area (Å²) in [6.07, 6.45) is 0.0322. The van der Waals surface area contributed by atoms with E-state index in [1.807, 2.05) is 47.7 Å². The monoisotopic (exact) mass is 347 g/mol. The van der Waals surface area contributed by atoms with Gasteiger partial charge in [-0.05, 0) is 17.2 Å². The predicted octanol–water partition coefficient (Wildman–Crippen LogP) is 3.92. The number of carboxylic acids is 1. The second kappa shape index (κ2) is 6.52. The molecule has 0 aliphatic rings. The molecule has 118 valence electrons. The second-order valence-electron chi connectivity index (χ2n) is 5.08. The molecule has 0 amide bonds. The molecular weight excluding hydrogens is 334 g/mol. The number of thiophene rings is 1. The van der Waals surface area contributed by atoms with Crippen molar-refractivity contribution in [1.82, 2.24) is 9.97 Å². The first kappa shape index (κ1) is 15.7. The van der Waals surface area contributed by atoms with Gasteiger partial charge in [-0.2, -0.15) is 4.98 Å². The summed E-state index contributed by atoms with van der Waals surface area (Å²) in [5, 5.41) is 12.0. The molecule has 0 saturated heterocycles. The average Bonchev–Trinajstić information content (AvgIpc) is 2.96. The smallest absolute Gasteiger partial charge is 0.305 e. The van der Waals surface area contributed by atoms with E-state index < -0.39 is 5.97 Å². The maximum atomic E-state index is 10.8. The van der Waals surface area contributed by atoms with Crippen molar-refractivity contribution in [3.8, 4) is 11.1 Å². The Morgan fingerprint density at radius 3 is 2.74 bits per heavy atom. The van der Waals surface area contributed by atoms with Gasteiger partial charge < -0.3 is 10.0 Å². The van der Waals surface area contributed by atoms with E-state index in [4.69, 9.17) is 16.7 Å². The summed E-state index contributed by atoms with van der Waals surface area (Å²) in [6.45, 7) is 0.349. The highest BCUT2D eigenvalue weighted by Gasteiger charge is 2.18. The number of rotatable bonds is 5. The number of anilines is 1. The molecule has 3 rings (SSSR count). The van der Waals surface area contributed by atoms with Crippen molar-refractivity contribution in [2.75, 3.05) is 18.5 Å². The van der Waals surface area contributed by atoms with Gasteiger partial charge in [0.1, 0.15) is 10.6 Å². The second-order valence-corrected chi connectivity index (χ2v) is 6.27. The van der Waals surface area contributed by atoms with Crippen LogP contribution in [0.4, 0.5) is 5.82 Å². The lowest BCUT2D eigenvalue weighted by Crippen LogP contribution is -2.22. The molecule has 0 spiro atoms. The summed E-state index contributed by atoms with van der Waals surface area (Å²) >= 11 is 7.53. The van der Waals surface area contributed by atoms with Gasteiger partial charge in [0, 0.05) is 24.5 Å². The van der Waals surface area contributed by atoms with E-state index in [1.165, 1.54) is 11.3 Å². The van der Waals surface area contributed by atoms with Gasteiger partial charge in [0.25, 0.3) is 0 Å². The van der Waals surface area contributed by atoms with Crippen molar-refractivity contribution >= 4 is 44.9 Å². The Hall–Kier alpha value is -2.18. The maximum absolute atomic E-state index is 10.8. The highest BCUT2D eigenvalue weighted by Crippen LogP contribution is 2.38. The number of halogens is 1. The number of benzene rings is 1. The molecule has 23 heavy (non-hydrogen) atoms. The molecule has 0 aliphatic carbocycles. The first-order valence-corrected chi connectivity index (χ1v) is 8.25. The number of hydrogen-bond donors (Lipinski definition) is 1. The van der Waals surface area contributed by atoms with Gasteiger partial charge in [-0.25, -0.2) is 4.98 Å². The zero-order valence-corrected chi connectivity index (χ0v) is 13.9. The summed E-state index contributed by atoms with van der Waals surface area (Å²) in [5.41, 5.74) is 2.09. The van der Waals surface area contributed by atoms with Crippen LogP contribution in [-0.2, 0) is 4.79 Å². The van der Waals surface area contributed by atoms with E-state index in [2.05, 4.69) is 9.97 Å². The Morgan fingerprint density at radius 1 is 1.30 bits per heavy atom. The molecule has 0 radical (unpaired) electrons. The number of nitrogens with zero attached hydrogens (tertiary/aromatic N) is 3. The van der Waals surface area contributed by atoms with Crippen LogP contribution in [0.15, 0.2) is 35.7 Å². The summed E-state index contributed by atoms with van der Waals surface area (Å²) < 4.78 is 0. The van der Waals surface area contributed by atoms with Crippen LogP contribution in [0.2, 0.25) is 5.28 Å². The van der Waals surface area contributed by atoms with Crippen molar-refractivity contribution in [1.29, 1.82) is 0 Å². The number of carbonyl (C=O) groups is 1. The fourth-order valence-electron chi connectivity index (χ4n) is 2.37. The zero-order chi connectivity index (χ0) is 16.4. The Bertz CT molecular complexity index is 851. The first-order valence-electron chi connectivity index (χ1n) is 6.99. The Labute approximate surface area is 142 Å². The van der Waals surface area contributed by atoms with E-state index in [1.54, 1.807) is 0 Å². The van der Waals surface area contributed by atoms with E-state index in [9.17, 15) is 4.79 Å². The SMILES string of the molecule is CN(CCC(=O)O)c1nc(Cl)nc2scc(-c3ccccc3)c12. The highest BCUT2D eigenvalue weighted by atomic mass is 35.5. The van der Waals surface area contributed by atoms with Gasteiger partial charge in [0.05, 0.1) is 11.8 Å². The number of aromatic nitrogens is 2. The minimum Gasteiger partial charge on any atom is -0.481 e. The van der Waals surface area contributed by atoms with Gasteiger partial charge in [0.2, 0.25) is 5.28 Å². The van der Waals surface area contributed by atoms with Crippen LogP contribution in [0.25, 0.3) is 21.3 Å². The molecule has 2 heterocycles. The van der Waals surface area contributed by atoms with Gasteiger partial charge >= 0.3 is 5.97 Å². The quantitative estimate of drug-likeness (QED) is 0.708. The van der Waals surface area contributed by atoms with Gasteiger partial charge in [-0.15, -0.1) is 11.3 Å². The lowest BCUT2D eigenvalue weighted by Gasteiger charge is -2.18. The molecule has 0 bridgehead atoms. The summed E-state index contributed by atoms with van der Waals surface area (Å²) in [5.74, 6) is -0.191. The van der Waals surface area contributed by atoms with Crippen LogP contribution in [-0.4, -0.2) is 34.6 Å². The van der Waals surface area contributed by atoms with Crippen molar-refractivity contribution in [2.45, 2.75) is 6.42 Å². The number of aliphatic carboxylic acids is 1. The lowest BCUT2D eigenvalue weighted by molar-refractivity contribution is -0.136. The van der Waals surface area contributed by atoms with Gasteiger partial charge in [0.15, 0.2) is 0 Å². The normalized spacial score (nSPS) is 10.9. The number of carboxylic acid groups (broad SMARTS) is 1. The standard InChI is InChI=1S/C16H14ClN3O2S/c1-20(8-7-12(21)22)14-13-11(10-5-3-2-4-6-10)9-23-15(13)19-16(17)18-14/h2-6,9H,7-8H2,1H3,(H,21,22). The molecule has 3 aromatic rings. The molecule has 0 saturated carbocycles. The van der Waals surface area contributed by atoms with Crippen molar-refractivity contribution < 1.29 is 9.90 Å². The Kier molecular flexibility index (Phi) is 4.45. The molecule has 0 aliphatic heterocycles. The van der Waals surface area contributed by atoms with Gasteiger partial charge in [-0.1, -0.05) is 30.3 Å². The fraction of sp³-hybridized carbons (Fsp3) is 0.188. The molecule has 2 aromatic heterocycles. The maximum Gasteiger partial charge on any atom is 0.305 e. The van der Waals surface area contributed by atoms with E-state index in [0.29, 0.717) is 12.4 Å². The van der Waals surface area contributed by atoms with Crippen molar-refractivity contribution in [3.05, 3.63) is 41.0 Å². The lowest BCUT2D eigenvalue weighted by atomic mass is 10.1. The Morgan fingerprint density at radius 2 is 2.04 bits per heavy atom. The Balaban J connectivity index is 2.12. The largest absolute Gasteiger partial charge is 0.481 e. The molecule has 0 unspecified atom stereocenters. The summed E-state index contributed by atoms with van der Waals surface area (Å²) in [7, 11) is 1.81. The minimum atomic E-state index is -0.846. The predicted molar refractivity (Wildman–Crippen MR) is 93.4 cm³/mol. The van der Waals surface area contributed by atoms with Crippen LogP contribution in [0.3, 0.4) is 0 Å². The van der Waals surface area contributed by atoms with Crippen molar-refractivity contribution in [3.63, 3.8) is 0 Å². The topological polar surface area (TPSA) is 66.3 Å². The fourth-order valence-corrected chi connectivity index (χ4v) is 3.53. The average molecular weight is 348 g/mol. The molecule has 0 fully saturated rings. The van der Waals surface area contributed by atoms with Crippen LogP contribution in [0, 0.1) is 0 Å². The molecule has 1 N–H and O–H groups in total. The van der Waals surface area contributed by atoms with Crippen LogP contribution in [0.5, 0.6) is 0 Å². The number of fused-ring (bicyclic) bond motifs is 1. The summed E-state index contributed by atoms with van der Waals surface area (Å²) in [4.78, 5) is 22.0. The first-order chi connectivity index (χ1) is 11.1. The molecule has 1 aromatic carbocycles. The van der Waals surface area contributed by atoms with Crippen LogP contribution in [0.1, 0.15) is 6.42 Å². The third-order valence-electron chi connectivity index (χ3n) is 3.49. The van der Waals surface area contributed by atoms with E-state index >= 15 is 0 Å². The summed E-state index contributed by atoms with van der Waals surface area (Å²) in [6, 6.07) is 9.96. The molecule has 5 nitrogen and oxygen atoms in total. The highest BCUT2D eigenvalue weighted by molar-refractivity contribution is 7.17. The van der Waals surface area contributed by atoms with E-state index in [0.717, 1.165) is 21.3 Å². The van der Waals surface area contributed by atoms with Crippen LogP contribution >= 0.6 is 22.9 Å². The van der Waals surface area contributed by atoms with Crippen LogP contribution < -0.4 is 4.90 Å². The number of hydrogen-bond acceptors (Lipinski definition) is 5. The minimum absolute atomic E-state index is 0.0322. The molecule has 7 heteroatoms. The third kappa shape index (κ3) is 3.28. The third-order valence-corrected chi connectivity index (χ3v) is 4.54. The van der Waals surface area contributed by atoms with Gasteiger partial charge in [-0.3, -0.25) is 4.79 Å².